The van der Waals surface area contributed by atoms with Crippen molar-refractivity contribution in [3.8, 4) is 0 Å². The third kappa shape index (κ3) is 5.28. The van der Waals surface area contributed by atoms with Crippen molar-refractivity contribution in [2.45, 2.75) is 32.9 Å². The quantitative estimate of drug-likeness (QED) is 0.611. The third-order valence-corrected chi connectivity index (χ3v) is 4.52. The van der Waals surface area contributed by atoms with E-state index in [9.17, 15) is 14.4 Å². The molecule has 2 aromatic carbocycles. The first kappa shape index (κ1) is 20.3. The first-order chi connectivity index (χ1) is 14.1. The van der Waals surface area contributed by atoms with Gasteiger partial charge in [0.05, 0.1) is 11.0 Å². The van der Waals surface area contributed by atoms with Gasteiger partial charge in [-0.1, -0.05) is 42.5 Å². The molecule has 0 spiro atoms. The summed E-state index contributed by atoms with van der Waals surface area (Å²) in [6, 6.07) is 16.8. The summed E-state index contributed by atoms with van der Waals surface area (Å²) in [6.07, 6.45) is 0.399. The van der Waals surface area contributed by atoms with Gasteiger partial charge >= 0.3 is 0 Å². The topological polar surface area (TPSA) is 93.1 Å². The summed E-state index contributed by atoms with van der Waals surface area (Å²) >= 11 is 0. The van der Waals surface area contributed by atoms with Crippen molar-refractivity contribution >= 4 is 22.8 Å². The Labute approximate surface area is 168 Å². The molecule has 0 aliphatic carbocycles. The van der Waals surface area contributed by atoms with Gasteiger partial charge in [-0.15, -0.1) is 0 Å². The molecular weight excluding hydrogens is 368 g/mol. The second kappa shape index (κ2) is 9.64. The number of para-hydroxylation sites is 2. The number of amides is 2. The monoisotopic (exact) mass is 392 g/mol. The molecule has 29 heavy (non-hydrogen) atoms. The number of aryl methyl sites for hydroxylation is 1. The summed E-state index contributed by atoms with van der Waals surface area (Å²) in [5.41, 5.74) is 2.13. The highest BCUT2D eigenvalue weighted by atomic mass is 16.2. The maximum absolute atomic E-state index is 13.0. The maximum atomic E-state index is 13.0. The standard InChI is InChI=1S/C22H24N4O3/c1-2-23-20(27)13-12-18-22(29)26(19-11-7-6-10-17(19)25-18)15-21(28)24-14-16-8-4-3-5-9-16/h3-11H,2,12-15H2,1H3,(H,23,27)(H,24,28). The summed E-state index contributed by atoms with van der Waals surface area (Å²) in [5, 5.41) is 5.55. The number of hydrogen-bond acceptors (Lipinski definition) is 4. The minimum absolute atomic E-state index is 0.108. The summed E-state index contributed by atoms with van der Waals surface area (Å²) in [7, 11) is 0. The van der Waals surface area contributed by atoms with E-state index >= 15 is 0 Å². The number of nitrogens with zero attached hydrogens (tertiary/aromatic N) is 2. The van der Waals surface area contributed by atoms with Crippen LogP contribution in [0.25, 0.3) is 11.0 Å². The molecule has 7 nitrogen and oxygen atoms in total. The molecule has 1 aromatic heterocycles. The molecule has 0 radical (unpaired) electrons. The zero-order valence-electron chi connectivity index (χ0n) is 16.4. The van der Waals surface area contributed by atoms with Gasteiger partial charge in [-0.2, -0.15) is 0 Å². The Balaban J connectivity index is 1.81. The fourth-order valence-electron chi connectivity index (χ4n) is 3.08. The number of nitrogens with one attached hydrogen (secondary N) is 2. The van der Waals surface area contributed by atoms with Crippen molar-refractivity contribution in [3.63, 3.8) is 0 Å². The number of rotatable bonds is 8. The number of benzene rings is 2. The van der Waals surface area contributed by atoms with E-state index in [4.69, 9.17) is 0 Å². The van der Waals surface area contributed by atoms with Crippen LogP contribution in [-0.4, -0.2) is 27.9 Å². The molecule has 7 heteroatoms. The van der Waals surface area contributed by atoms with Crippen molar-refractivity contribution in [2.24, 2.45) is 0 Å². The highest BCUT2D eigenvalue weighted by Crippen LogP contribution is 2.11. The van der Waals surface area contributed by atoms with Crippen LogP contribution in [0.5, 0.6) is 0 Å². The van der Waals surface area contributed by atoms with Gasteiger partial charge in [0.15, 0.2) is 0 Å². The predicted molar refractivity (Wildman–Crippen MR) is 111 cm³/mol. The first-order valence-corrected chi connectivity index (χ1v) is 9.64. The molecule has 3 aromatic rings. The molecular formula is C22H24N4O3. The molecule has 0 fully saturated rings. The zero-order chi connectivity index (χ0) is 20.6. The summed E-state index contributed by atoms with van der Waals surface area (Å²) < 4.78 is 1.43. The van der Waals surface area contributed by atoms with Gasteiger partial charge in [-0.3, -0.25) is 19.0 Å². The van der Waals surface area contributed by atoms with Gasteiger partial charge in [0.25, 0.3) is 5.56 Å². The molecule has 0 atom stereocenters. The highest BCUT2D eigenvalue weighted by Gasteiger charge is 2.14. The van der Waals surface area contributed by atoms with E-state index in [0.717, 1.165) is 5.56 Å². The normalized spacial score (nSPS) is 10.7. The Morgan fingerprint density at radius 3 is 2.45 bits per heavy atom. The van der Waals surface area contributed by atoms with Gasteiger partial charge in [-0.05, 0) is 24.6 Å². The fourth-order valence-corrected chi connectivity index (χ4v) is 3.08. The van der Waals surface area contributed by atoms with E-state index < -0.39 is 0 Å². The Hall–Kier alpha value is -3.48. The van der Waals surface area contributed by atoms with Crippen molar-refractivity contribution < 1.29 is 9.59 Å². The fraction of sp³-hybridized carbons (Fsp3) is 0.273. The van der Waals surface area contributed by atoms with E-state index in [1.165, 1.54) is 4.57 Å². The van der Waals surface area contributed by atoms with Crippen molar-refractivity contribution in [1.29, 1.82) is 0 Å². The molecule has 0 aliphatic rings. The van der Waals surface area contributed by atoms with Crippen molar-refractivity contribution in [3.05, 3.63) is 76.2 Å². The largest absolute Gasteiger partial charge is 0.356 e. The maximum Gasteiger partial charge on any atom is 0.273 e. The molecule has 0 unspecified atom stereocenters. The molecule has 150 valence electrons. The minimum atomic E-state index is -0.345. The molecule has 2 N–H and O–H groups in total. The lowest BCUT2D eigenvalue weighted by molar-refractivity contribution is -0.122. The lowest BCUT2D eigenvalue weighted by Gasteiger charge is -2.12. The van der Waals surface area contributed by atoms with Crippen LogP contribution in [0.1, 0.15) is 24.6 Å². The average Bonchev–Trinajstić information content (AvgIpc) is 2.74. The van der Waals surface area contributed by atoms with Crippen LogP contribution in [0.3, 0.4) is 0 Å². The number of carbonyl (C=O) groups is 2. The van der Waals surface area contributed by atoms with E-state index in [-0.39, 0.29) is 42.5 Å². The van der Waals surface area contributed by atoms with Gasteiger partial charge in [0, 0.05) is 25.9 Å². The van der Waals surface area contributed by atoms with Gasteiger partial charge in [0.2, 0.25) is 11.8 Å². The molecule has 0 saturated heterocycles. The molecule has 1 heterocycles. The summed E-state index contributed by atoms with van der Waals surface area (Å²) in [5.74, 6) is -0.393. The molecule has 3 rings (SSSR count). The van der Waals surface area contributed by atoms with Gasteiger partial charge < -0.3 is 10.6 Å². The van der Waals surface area contributed by atoms with Crippen LogP contribution in [0, 0.1) is 0 Å². The lowest BCUT2D eigenvalue weighted by atomic mass is 10.2. The van der Waals surface area contributed by atoms with Crippen LogP contribution >= 0.6 is 0 Å². The number of fused-ring (bicyclic) bond motifs is 1. The number of carbonyl (C=O) groups excluding carboxylic acids is 2. The van der Waals surface area contributed by atoms with Crippen molar-refractivity contribution in [2.75, 3.05) is 6.54 Å². The SMILES string of the molecule is CCNC(=O)CCc1nc2ccccc2n(CC(=O)NCc2ccccc2)c1=O. The van der Waals surface area contributed by atoms with Crippen LogP contribution in [0.15, 0.2) is 59.4 Å². The van der Waals surface area contributed by atoms with Crippen LogP contribution in [0.2, 0.25) is 0 Å². The van der Waals surface area contributed by atoms with Crippen molar-refractivity contribution in [1.82, 2.24) is 20.2 Å². The minimum Gasteiger partial charge on any atom is -0.356 e. The highest BCUT2D eigenvalue weighted by molar-refractivity contribution is 5.80. The Kier molecular flexibility index (Phi) is 6.73. The summed E-state index contributed by atoms with van der Waals surface area (Å²) in [6.45, 7) is 2.66. The van der Waals surface area contributed by atoms with E-state index in [2.05, 4.69) is 15.6 Å². The second-order valence-electron chi connectivity index (χ2n) is 6.65. The third-order valence-electron chi connectivity index (χ3n) is 4.52. The zero-order valence-corrected chi connectivity index (χ0v) is 16.4. The molecule has 0 saturated carbocycles. The summed E-state index contributed by atoms with van der Waals surface area (Å²) in [4.78, 5) is 41.6. The predicted octanol–water partition coefficient (Wildman–Crippen LogP) is 1.78. The van der Waals surface area contributed by atoms with Gasteiger partial charge in [-0.25, -0.2) is 4.98 Å². The Morgan fingerprint density at radius 1 is 0.966 bits per heavy atom. The lowest BCUT2D eigenvalue weighted by Crippen LogP contribution is -2.34. The number of hydrogen-bond donors (Lipinski definition) is 2. The second-order valence-corrected chi connectivity index (χ2v) is 6.65. The molecule has 0 bridgehead atoms. The molecule has 0 aliphatic heterocycles. The first-order valence-electron chi connectivity index (χ1n) is 9.64. The molecule has 2 amide bonds. The average molecular weight is 392 g/mol. The Morgan fingerprint density at radius 2 is 1.69 bits per heavy atom. The van der Waals surface area contributed by atoms with Gasteiger partial charge in [0.1, 0.15) is 12.2 Å². The Bertz CT molecular complexity index is 1060. The van der Waals surface area contributed by atoms with Crippen LogP contribution in [-0.2, 0) is 29.1 Å². The van der Waals surface area contributed by atoms with E-state index in [0.29, 0.717) is 24.1 Å². The van der Waals surface area contributed by atoms with E-state index in [1.807, 2.05) is 43.3 Å². The van der Waals surface area contributed by atoms with Crippen LogP contribution in [0.4, 0.5) is 0 Å². The van der Waals surface area contributed by atoms with E-state index in [1.54, 1.807) is 18.2 Å². The smallest absolute Gasteiger partial charge is 0.273 e. The number of aromatic nitrogens is 2. The van der Waals surface area contributed by atoms with Crippen LogP contribution < -0.4 is 16.2 Å².